The smallest absolute Gasteiger partial charge is 0.255 e. The van der Waals surface area contributed by atoms with Gasteiger partial charge in [-0.2, -0.15) is 5.26 Å². The van der Waals surface area contributed by atoms with Crippen LogP contribution in [0.15, 0.2) is 42.6 Å². The fourth-order valence-corrected chi connectivity index (χ4v) is 3.94. The van der Waals surface area contributed by atoms with E-state index in [-0.39, 0.29) is 29.3 Å². The van der Waals surface area contributed by atoms with E-state index in [0.717, 1.165) is 18.8 Å². The highest BCUT2D eigenvalue weighted by molar-refractivity contribution is 6.04. The van der Waals surface area contributed by atoms with Crippen molar-refractivity contribution in [1.29, 1.82) is 5.26 Å². The molecule has 0 saturated carbocycles. The second-order valence-electron chi connectivity index (χ2n) is 7.46. The number of rotatable bonds is 4. The number of halogens is 1. The zero-order valence-corrected chi connectivity index (χ0v) is 17.1. The number of carbonyl (C=O) groups is 1. The highest BCUT2D eigenvalue weighted by atomic mass is 19.1. The number of benzene rings is 1. The van der Waals surface area contributed by atoms with Crippen LogP contribution in [0.5, 0.6) is 0 Å². The minimum Gasteiger partial charge on any atom is -0.378 e. The standard InChI is InChI=1S/C23H19FN6O2/c24-16-3-1-2-14(11-25)21(16)17-10-18(22-19(28-17)13-27-23(22)31)29-20-5-4-15(12-26-20)30-6-8-32-9-7-30/h1-5,10,12H,6-9,13H2,(H,27,31)(H,26,28,29). The van der Waals surface area contributed by atoms with Crippen molar-refractivity contribution in [3.8, 4) is 17.3 Å². The Labute approximate surface area is 183 Å². The number of amides is 1. The summed E-state index contributed by atoms with van der Waals surface area (Å²) in [6, 6.07) is 11.7. The molecule has 2 aromatic heterocycles. The summed E-state index contributed by atoms with van der Waals surface area (Å²) in [4.78, 5) is 23.6. The van der Waals surface area contributed by atoms with Gasteiger partial charge in [-0.1, -0.05) is 6.07 Å². The Balaban J connectivity index is 1.52. The number of nitrogens with one attached hydrogen (secondary N) is 2. The van der Waals surface area contributed by atoms with Crippen LogP contribution in [0.25, 0.3) is 11.3 Å². The van der Waals surface area contributed by atoms with E-state index in [1.54, 1.807) is 12.3 Å². The van der Waals surface area contributed by atoms with E-state index >= 15 is 0 Å². The molecule has 2 aliphatic heterocycles. The first kappa shape index (κ1) is 19.9. The van der Waals surface area contributed by atoms with E-state index in [9.17, 15) is 14.4 Å². The molecule has 0 aliphatic carbocycles. The van der Waals surface area contributed by atoms with Crippen LogP contribution in [-0.4, -0.2) is 42.2 Å². The minimum absolute atomic E-state index is 0.107. The molecule has 8 nitrogen and oxygen atoms in total. The molecule has 1 saturated heterocycles. The van der Waals surface area contributed by atoms with Gasteiger partial charge in [0.25, 0.3) is 5.91 Å². The zero-order valence-electron chi connectivity index (χ0n) is 17.1. The predicted octanol–water partition coefficient (Wildman–Crippen LogP) is 2.98. The Kier molecular flexibility index (Phi) is 5.13. The highest BCUT2D eigenvalue weighted by Gasteiger charge is 2.27. The van der Waals surface area contributed by atoms with Gasteiger partial charge in [0.05, 0.1) is 71.5 Å². The second-order valence-corrected chi connectivity index (χ2v) is 7.46. The van der Waals surface area contributed by atoms with Crippen molar-refractivity contribution in [2.45, 2.75) is 6.54 Å². The van der Waals surface area contributed by atoms with Crippen molar-refractivity contribution in [3.63, 3.8) is 0 Å². The molecule has 1 amide bonds. The molecule has 4 heterocycles. The van der Waals surface area contributed by atoms with E-state index in [2.05, 4.69) is 25.5 Å². The summed E-state index contributed by atoms with van der Waals surface area (Å²) in [6.45, 7) is 3.21. The number of nitriles is 1. The number of aromatic nitrogens is 2. The highest BCUT2D eigenvalue weighted by Crippen LogP contribution is 2.33. The Morgan fingerprint density at radius 1 is 1.19 bits per heavy atom. The van der Waals surface area contributed by atoms with Crippen LogP contribution in [0.3, 0.4) is 0 Å². The molecule has 1 aromatic carbocycles. The third-order valence-electron chi connectivity index (χ3n) is 5.51. The fraction of sp³-hybridized carbons (Fsp3) is 0.217. The minimum atomic E-state index is -0.548. The maximum atomic E-state index is 14.6. The Morgan fingerprint density at radius 2 is 2.03 bits per heavy atom. The van der Waals surface area contributed by atoms with Gasteiger partial charge in [-0.15, -0.1) is 0 Å². The van der Waals surface area contributed by atoms with Gasteiger partial charge in [0.15, 0.2) is 0 Å². The first-order chi connectivity index (χ1) is 15.6. The summed E-state index contributed by atoms with van der Waals surface area (Å²) >= 11 is 0. The SMILES string of the molecule is N#Cc1cccc(F)c1-c1cc(Nc2ccc(N3CCOCC3)cn2)c2c(n1)CNC2=O. The summed E-state index contributed by atoms with van der Waals surface area (Å²) in [6.07, 6.45) is 1.76. The summed E-state index contributed by atoms with van der Waals surface area (Å²) < 4.78 is 20.0. The molecule has 0 bridgehead atoms. The summed E-state index contributed by atoms with van der Waals surface area (Å²) in [7, 11) is 0. The van der Waals surface area contributed by atoms with Crippen molar-refractivity contribution in [3.05, 3.63) is 65.2 Å². The lowest BCUT2D eigenvalue weighted by Crippen LogP contribution is -2.36. The maximum absolute atomic E-state index is 14.6. The van der Waals surface area contributed by atoms with E-state index < -0.39 is 5.82 Å². The van der Waals surface area contributed by atoms with Crippen LogP contribution in [0.2, 0.25) is 0 Å². The van der Waals surface area contributed by atoms with Crippen LogP contribution in [0, 0.1) is 17.1 Å². The van der Waals surface area contributed by atoms with Gasteiger partial charge in [-0.3, -0.25) is 4.79 Å². The lowest BCUT2D eigenvalue weighted by atomic mass is 10.0. The Bertz CT molecular complexity index is 1230. The zero-order chi connectivity index (χ0) is 22.1. The average molecular weight is 430 g/mol. The van der Waals surface area contributed by atoms with Crippen LogP contribution in [0.4, 0.5) is 21.6 Å². The van der Waals surface area contributed by atoms with Gasteiger partial charge in [-0.05, 0) is 30.3 Å². The lowest BCUT2D eigenvalue weighted by Gasteiger charge is -2.28. The predicted molar refractivity (Wildman–Crippen MR) is 116 cm³/mol. The molecular formula is C23H19FN6O2. The number of hydrogen-bond donors (Lipinski definition) is 2. The number of morpholine rings is 1. The van der Waals surface area contributed by atoms with Crippen molar-refractivity contribution in [2.24, 2.45) is 0 Å². The molecule has 0 atom stereocenters. The van der Waals surface area contributed by atoms with Gasteiger partial charge >= 0.3 is 0 Å². The maximum Gasteiger partial charge on any atom is 0.255 e. The van der Waals surface area contributed by atoms with Crippen LogP contribution in [0.1, 0.15) is 21.6 Å². The third-order valence-corrected chi connectivity index (χ3v) is 5.51. The van der Waals surface area contributed by atoms with Crippen LogP contribution in [-0.2, 0) is 11.3 Å². The molecule has 3 aromatic rings. The number of nitrogens with zero attached hydrogens (tertiary/aromatic N) is 4. The number of pyridine rings is 2. The van der Waals surface area contributed by atoms with Gasteiger partial charge in [-0.25, -0.2) is 14.4 Å². The Morgan fingerprint density at radius 3 is 2.78 bits per heavy atom. The molecular weight excluding hydrogens is 411 g/mol. The van der Waals surface area contributed by atoms with E-state index in [0.29, 0.717) is 36.0 Å². The molecule has 2 aliphatic rings. The van der Waals surface area contributed by atoms with Gasteiger partial charge in [0.1, 0.15) is 11.6 Å². The normalized spacial score (nSPS) is 15.1. The first-order valence-corrected chi connectivity index (χ1v) is 10.2. The van der Waals surface area contributed by atoms with Crippen LogP contribution >= 0.6 is 0 Å². The lowest BCUT2D eigenvalue weighted by molar-refractivity contribution is 0.0966. The number of hydrogen-bond acceptors (Lipinski definition) is 7. The van der Waals surface area contributed by atoms with Gasteiger partial charge in [0, 0.05) is 13.1 Å². The number of fused-ring (bicyclic) bond motifs is 1. The second kappa shape index (κ2) is 8.24. The molecule has 0 unspecified atom stereocenters. The summed E-state index contributed by atoms with van der Waals surface area (Å²) in [5, 5.41) is 15.3. The number of carbonyl (C=O) groups excluding carboxylic acids is 1. The quantitative estimate of drug-likeness (QED) is 0.656. The monoisotopic (exact) mass is 430 g/mol. The molecule has 32 heavy (non-hydrogen) atoms. The Hall–Kier alpha value is -4.03. The summed E-state index contributed by atoms with van der Waals surface area (Å²) in [5.41, 5.74) is 2.89. The van der Waals surface area contributed by atoms with Crippen molar-refractivity contribution >= 4 is 23.1 Å². The van der Waals surface area contributed by atoms with Gasteiger partial charge < -0.3 is 20.3 Å². The fourth-order valence-electron chi connectivity index (χ4n) is 3.94. The van der Waals surface area contributed by atoms with E-state index in [1.165, 1.54) is 18.2 Å². The topological polar surface area (TPSA) is 103 Å². The van der Waals surface area contributed by atoms with Crippen molar-refractivity contribution < 1.29 is 13.9 Å². The van der Waals surface area contributed by atoms with Gasteiger partial charge in [0.2, 0.25) is 0 Å². The molecule has 0 spiro atoms. The average Bonchev–Trinajstić information content (AvgIpc) is 3.20. The number of anilines is 3. The molecule has 160 valence electrons. The van der Waals surface area contributed by atoms with Crippen LogP contribution < -0.4 is 15.5 Å². The molecule has 5 rings (SSSR count). The van der Waals surface area contributed by atoms with Crippen molar-refractivity contribution in [1.82, 2.24) is 15.3 Å². The molecule has 9 heteroatoms. The third kappa shape index (κ3) is 3.61. The molecule has 1 fully saturated rings. The van der Waals surface area contributed by atoms with E-state index in [1.807, 2.05) is 18.2 Å². The van der Waals surface area contributed by atoms with Crippen molar-refractivity contribution in [2.75, 3.05) is 36.5 Å². The molecule has 2 N–H and O–H groups in total. The number of ether oxygens (including phenoxy) is 1. The molecule has 0 radical (unpaired) electrons. The first-order valence-electron chi connectivity index (χ1n) is 10.2. The largest absolute Gasteiger partial charge is 0.378 e. The summed E-state index contributed by atoms with van der Waals surface area (Å²) in [5.74, 6) is -0.275. The van der Waals surface area contributed by atoms with E-state index in [4.69, 9.17) is 4.74 Å².